The average Bonchev–Trinajstić information content (AvgIpc) is 3.13. The number of rotatable bonds is 5. The third kappa shape index (κ3) is 2.35. The Labute approximate surface area is 109 Å². The van der Waals surface area contributed by atoms with Crippen molar-refractivity contribution in [1.82, 2.24) is 0 Å². The molecule has 98 valence electrons. The van der Waals surface area contributed by atoms with Crippen LogP contribution in [-0.2, 0) is 0 Å². The van der Waals surface area contributed by atoms with Gasteiger partial charge in [-0.3, -0.25) is 4.79 Å². The maximum absolute atomic E-state index is 12.3. The lowest BCUT2D eigenvalue weighted by Gasteiger charge is -2.18. The van der Waals surface area contributed by atoms with Crippen LogP contribution in [0.3, 0.4) is 0 Å². The molecule has 1 aliphatic carbocycles. The highest BCUT2D eigenvalue weighted by Crippen LogP contribution is 2.42. The smallest absolute Gasteiger partial charge is 0.169 e. The largest absolute Gasteiger partial charge is 0.496 e. The Morgan fingerprint density at radius 1 is 1.50 bits per heavy atom. The predicted octanol–water partition coefficient (Wildman–Crippen LogP) is 2.99. The van der Waals surface area contributed by atoms with E-state index < -0.39 is 0 Å². The number of carbonyl (C=O) groups is 1. The topological polar surface area (TPSA) is 29.5 Å². The highest BCUT2D eigenvalue weighted by atomic mass is 16.5. The van der Waals surface area contributed by atoms with Gasteiger partial charge in [0.25, 0.3) is 0 Å². The number of ketones is 1. The van der Waals surface area contributed by atoms with Crippen molar-refractivity contribution in [2.24, 2.45) is 11.8 Å². The Kier molecular flexibility index (Phi) is 3.60. The molecule has 0 bridgehead atoms. The number of methoxy groups -OCH3 is 1. The summed E-state index contributed by atoms with van der Waals surface area (Å²) in [5, 5.41) is 0. The molecule has 1 fully saturated rings. The van der Waals surface area contributed by atoms with Gasteiger partial charge in [0.1, 0.15) is 5.75 Å². The van der Waals surface area contributed by atoms with Crippen molar-refractivity contribution in [1.29, 1.82) is 0 Å². The molecule has 3 heteroatoms. The highest BCUT2D eigenvalue weighted by molar-refractivity contribution is 6.02. The molecule has 0 heterocycles. The Hall–Kier alpha value is -1.51. The van der Waals surface area contributed by atoms with Crippen molar-refractivity contribution >= 4 is 11.5 Å². The molecule has 0 aromatic heterocycles. The summed E-state index contributed by atoms with van der Waals surface area (Å²) in [4.78, 5) is 14.4. The number of carbonyl (C=O) groups excluding carboxylic acids is 1. The zero-order valence-electron chi connectivity index (χ0n) is 11.6. The van der Waals surface area contributed by atoms with E-state index in [2.05, 4.69) is 18.7 Å². The van der Waals surface area contributed by atoms with E-state index in [-0.39, 0.29) is 11.7 Å². The molecule has 1 saturated carbocycles. The standard InChI is InChI=1S/C15H21NO2/c1-5-16(3)11-6-7-12(14(9-11)18-4)15(17)13-8-10(13)2/h6-7,9-10,13H,5,8H2,1-4H3. The third-order valence-corrected chi connectivity index (χ3v) is 3.81. The van der Waals surface area contributed by atoms with Crippen molar-refractivity contribution < 1.29 is 9.53 Å². The minimum absolute atomic E-state index is 0.202. The number of benzene rings is 1. The van der Waals surface area contributed by atoms with Gasteiger partial charge >= 0.3 is 0 Å². The Balaban J connectivity index is 2.28. The number of anilines is 1. The summed E-state index contributed by atoms with van der Waals surface area (Å²) >= 11 is 0. The van der Waals surface area contributed by atoms with Gasteiger partial charge < -0.3 is 9.64 Å². The second-order valence-corrected chi connectivity index (χ2v) is 5.08. The number of hydrogen-bond donors (Lipinski definition) is 0. The molecule has 18 heavy (non-hydrogen) atoms. The molecule has 1 aromatic rings. The molecule has 0 saturated heterocycles. The normalized spacial score (nSPS) is 21.6. The number of nitrogens with zero attached hydrogens (tertiary/aromatic N) is 1. The van der Waals surface area contributed by atoms with Crippen LogP contribution >= 0.6 is 0 Å². The van der Waals surface area contributed by atoms with Gasteiger partial charge in [0.15, 0.2) is 5.78 Å². The molecule has 2 atom stereocenters. The minimum Gasteiger partial charge on any atom is -0.496 e. The molecular weight excluding hydrogens is 226 g/mol. The van der Waals surface area contributed by atoms with Crippen LogP contribution < -0.4 is 9.64 Å². The molecular formula is C15H21NO2. The summed E-state index contributed by atoms with van der Waals surface area (Å²) in [7, 11) is 3.65. The molecule has 1 aliphatic rings. The van der Waals surface area contributed by atoms with E-state index in [1.807, 2.05) is 25.2 Å². The van der Waals surface area contributed by atoms with Crippen LogP contribution in [0.2, 0.25) is 0 Å². The van der Waals surface area contributed by atoms with E-state index in [0.717, 1.165) is 24.2 Å². The zero-order chi connectivity index (χ0) is 13.3. The quantitative estimate of drug-likeness (QED) is 0.749. The van der Waals surface area contributed by atoms with E-state index in [0.29, 0.717) is 11.7 Å². The summed E-state index contributed by atoms with van der Waals surface area (Å²) < 4.78 is 5.37. The van der Waals surface area contributed by atoms with Crippen LogP contribution in [0, 0.1) is 11.8 Å². The number of ether oxygens (including phenoxy) is 1. The van der Waals surface area contributed by atoms with Crippen LogP contribution in [0.15, 0.2) is 18.2 Å². The van der Waals surface area contributed by atoms with Gasteiger partial charge in [-0.1, -0.05) is 6.92 Å². The molecule has 0 radical (unpaired) electrons. The van der Waals surface area contributed by atoms with Gasteiger partial charge in [0, 0.05) is 31.3 Å². The van der Waals surface area contributed by atoms with Gasteiger partial charge in [0.2, 0.25) is 0 Å². The summed E-state index contributed by atoms with van der Waals surface area (Å²) in [5.41, 5.74) is 1.80. The second kappa shape index (κ2) is 5.01. The molecule has 0 spiro atoms. The SMILES string of the molecule is CCN(C)c1ccc(C(=O)C2CC2C)c(OC)c1. The van der Waals surface area contributed by atoms with Crippen molar-refractivity contribution in [2.45, 2.75) is 20.3 Å². The van der Waals surface area contributed by atoms with E-state index in [1.54, 1.807) is 7.11 Å². The Bertz CT molecular complexity index is 456. The van der Waals surface area contributed by atoms with E-state index in [9.17, 15) is 4.79 Å². The maximum atomic E-state index is 12.3. The van der Waals surface area contributed by atoms with Gasteiger partial charge in [-0.2, -0.15) is 0 Å². The summed E-state index contributed by atoms with van der Waals surface area (Å²) in [6.07, 6.45) is 1.01. The van der Waals surface area contributed by atoms with Crippen LogP contribution in [-0.4, -0.2) is 26.5 Å². The lowest BCUT2D eigenvalue weighted by atomic mass is 10.0. The van der Waals surface area contributed by atoms with Crippen LogP contribution in [0.1, 0.15) is 30.6 Å². The third-order valence-electron chi connectivity index (χ3n) is 3.81. The van der Waals surface area contributed by atoms with E-state index >= 15 is 0 Å². The highest BCUT2D eigenvalue weighted by Gasteiger charge is 2.40. The van der Waals surface area contributed by atoms with Crippen molar-refractivity contribution in [3.8, 4) is 5.75 Å². The first kappa shape index (κ1) is 12.9. The number of hydrogen-bond acceptors (Lipinski definition) is 3. The molecule has 3 nitrogen and oxygen atoms in total. The predicted molar refractivity (Wildman–Crippen MR) is 73.5 cm³/mol. The van der Waals surface area contributed by atoms with Crippen molar-refractivity contribution in [3.63, 3.8) is 0 Å². The fraction of sp³-hybridized carbons (Fsp3) is 0.533. The first-order valence-electron chi connectivity index (χ1n) is 6.51. The van der Waals surface area contributed by atoms with Crippen molar-refractivity contribution in [3.05, 3.63) is 23.8 Å². The second-order valence-electron chi connectivity index (χ2n) is 5.08. The lowest BCUT2D eigenvalue weighted by Crippen LogP contribution is -2.16. The molecule has 2 rings (SSSR count). The first-order chi connectivity index (χ1) is 8.58. The molecule has 0 N–H and O–H groups in total. The summed E-state index contributed by atoms with van der Waals surface area (Å²) in [6.45, 7) is 5.14. The van der Waals surface area contributed by atoms with E-state index in [4.69, 9.17) is 4.74 Å². The van der Waals surface area contributed by atoms with Crippen LogP contribution in [0.4, 0.5) is 5.69 Å². The molecule has 1 aromatic carbocycles. The average molecular weight is 247 g/mol. The van der Waals surface area contributed by atoms with Gasteiger partial charge in [-0.05, 0) is 31.4 Å². The fourth-order valence-corrected chi connectivity index (χ4v) is 2.19. The molecule has 2 unspecified atom stereocenters. The van der Waals surface area contributed by atoms with Crippen LogP contribution in [0.25, 0.3) is 0 Å². The Morgan fingerprint density at radius 2 is 2.17 bits per heavy atom. The summed E-state index contributed by atoms with van der Waals surface area (Å²) in [5.74, 6) is 1.65. The van der Waals surface area contributed by atoms with Crippen LogP contribution in [0.5, 0.6) is 5.75 Å². The van der Waals surface area contributed by atoms with Crippen molar-refractivity contribution in [2.75, 3.05) is 25.6 Å². The molecule has 0 amide bonds. The fourth-order valence-electron chi connectivity index (χ4n) is 2.19. The first-order valence-corrected chi connectivity index (χ1v) is 6.51. The van der Waals surface area contributed by atoms with E-state index in [1.165, 1.54) is 0 Å². The Morgan fingerprint density at radius 3 is 2.67 bits per heavy atom. The number of Topliss-reactive ketones (excluding diaryl/α,β-unsaturated/α-hetero) is 1. The summed E-state index contributed by atoms with van der Waals surface area (Å²) in [6, 6.07) is 5.84. The lowest BCUT2D eigenvalue weighted by molar-refractivity contribution is 0.0959. The maximum Gasteiger partial charge on any atom is 0.169 e. The van der Waals surface area contributed by atoms with Gasteiger partial charge in [-0.25, -0.2) is 0 Å². The zero-order valence-corrected chi connectivity index (χ0v) is 11.6. The molecule has 0 aliphatic heterocycles. The van der Waals surface area contributed by atoms with Gasteiger partial charge in [-0.15, -0.1) is 0 Å². The monoisotopic (exact) mass is 247 g/mol. The van der Waals surface area contributed by atoms with Gasteiger partial charge in [0.05, 0.1) is 12.7 Å². The minimum atomic E-state index is 0.202.